The van der Waals surface area contributed by atoms with E-state index in [4.69, 9.17) is 5.73 Å². The summed E-state index contributed by atoms with van der Waals surface area (Å²) in [4.78, 5) is 6.88. The Balaban J connectivity index is 1.81. The topological polar surface area (TPSA) is 41.6 Å². The molecule has 0 radical (unpaired) electrons. The minimum atomic E-state index is 0.0130. The van der Waals surface area contributed by atoms with Crippen molar-refractivity contribution in [2.24, 2.45) is 10.7 Å². The molecule has 0 saturated heterocycles. The molecule has 1 unspecified atom stereocenters. The molecule has 1 heterocycles. The highest BCUT2D eigenvalue weighted by Gasteiger charge is 2.19. The predicted octanol–water partition coefficient (Wildman–Crippen LogP) is 6.43. The van der Waals surface area contributed by atoms with Crippen molar-refractivity contribution in [2.45, 2.75) is 116 Å². The average molecular weight is 364 g/mol. The number of aliphatic imine (C=N–C) groups is 1. The van der Waals surface area contributed by atoms with E-state index in [2.05, 4.69) is 35.9 Å². The second-order valence-electron chi connectivity index (χ2n) is 7.85. The Morgan fingerprint density at radius 2 is 1.38 bits per heavy atom. The molecule has 0 saturated carbocycles. The maximum Gasteiger partial charge on any atom is 0.117 e. The first-order chi connectivity index (χ1) is 12.8. The molecule has 0 spiro atoms. The standard InChI is InChI=1S/C23H45N3/c1-3-5-6-7-8-9-10-11-12-13-14-15-16-17-18-19-20-26-21-22(24)25-23(26)4-2/h11-12,22H,3-10,13-21,24H2,1-2H3/b12-11-. The van der Waals surface area contributed by atoms with E-state index in [-0.39, 0.29) is 6.17 Å². The van der Waals surface area contributed by atoms with Gasteiger partial charge >= 0.3 is 0 Å². The number of nitrogens with two attached hydrogens (primary N) is 1. The SMILES string of the molecule is CCCCCCCC/C=C\CCCCCCCCN1CC(N)N=C1CC. The van der Waals surface area contributed by atoms with E-state index in [0.717, 1.165) is 19.5 Å². The van der Waals surface area contributed by atoms with E-state index in [1.165, 1.54) is 95.7 Å². The summed E-state index contributed by atoms with van der Waals surface area (Å²) in [5, 5.41) is 0. The van der Waals surface area contributed by atoms with Gasteiger partial charge in [-0.25, -0.2) is 0 Å². The van der Waals surface area contributed by atoms with Gasteiger partial charge in [0.25, 0.3) is 0 Å². The van der Waals surface area contributed by atoms with Gasteiger partial charge in [-0.2, -0.15) is 0 Å². The molecule has 1 aliphatic heterocycles. The molecule has 26 heavy (non-hydrogen) atoms. The summed E-state index contributed by atoms with van der Waals surface area (Å²) < 4.78 is 0. The summed E-state index contributed by atoms with van der Waals surface area (Å²) >= 11 is 0. The van der Waals surface area contributed by atoms with Gasteiger partial charge in [-0.15, -0.1) is 0 Å². The van der Waals surface area contributed by atoms with Crippen molar-refractivity contribution in [2.75, 3.05) is 13.1 Å². The molecule has 2 N–H and O–H groups in total. The zero-order chi connectivity index (χ0) is 18.9. The van der Waals surface area contributed by atoms with Gasteiger partial charge in [0.05, 0.1) is 6.54 Å². The van der Waals surface area contributed by atoms with E-state index < -0.39 is 0 Å². The summed E-state index contributed by atoms with van der Waals surface area (Å²) in [6.07, 6.45) is 25.0. The van der Waals surface area contributed by atoms with Gasteiger partial charge in [0.15, 0.2) is 0 Å². The second kappa shape index (κ2) is 16.4. The van der Waals surface area contributed by atoms with Crippen LogP contribution in [-0.4, -0.2) is 30.0 Å². The molecule has 3 heteroatoms. The number of rotatable bonds is 17. The predicted molar refractivity (Wildman–Crippen MR) is 117 cm³/mol. The van der Waals surface area contributed by atoms with Crippen LogP contribution < -0.4 is 5.73 Å². The normalized spacial score (nSPS) is 17.4. The molecule has 152 valence electrons. The second-order valence-corrected chi connectivity index (χ2v) is 7.85. The van der Waals surface area contributed by atoms with Crippen LogP contribution in [0.1, 0.15) is 110 Å². The van der Waals surface area contributed by atoms with Crippen LogP contribution in [0.15, 0.2) is 17.1 Å². The van der Waals surface area contributed by atoms with Gasteiger partial charge in [0, 0.05) is 13.0 Å². The maximum absolute atomic E-state index is 5.92. The number of unbranched alkanes of at least 4 members (excludes halogenated alkanes) is 12. The van der Waals surface area contributed by atoms with Crippen molar-refractivity contribution in [1.82, 2.24) is 4.90 Å². The maximum atomic E-state index is 5.92. The van der Waals surface area contributed by atoms with Crippen molar-refractivity contribution < 1.29 is 0 Å². The van der Waals surface area contributed by atoms with Crippen molar-refractivity contribution >= 4 is 5.84 Å². The number of nitrogens with zero attached hydrogens (tertiary/aromatic N) is 2. The fourth-order valence-corrected chi connectivity index (χ4v) is 3.73. The van der Waals surface area contributed by atoms with Crippen LogP contribution in [0.5, 0.6) is 0 Å². The van der Waals surface area contributed by atoms with E-state index in [9.17, 15) is 0 Å². The van der Waals surface area contributed by atoms with Crippen molar-refractivity contribution in [3.05, 3.63) is 12.2 Å². The van der Waals surface area contributed by atoms with Crippen molar-refractivity contribution in [3.63, 3.8) is 0 Å². The quantitative estimate of drug-likeness (QED) is 0.239. The lowest BCUT2D eigenvalue weighted by atomic mass is 10.1. The first-order valence-electron chi connectivity index (χ1n) is 11.5. The van der Waals surface area contributed by atoms with Crippen molar-refractivity contribution in [3.8, 4) is 0 Å². The number of hydrogen-bond acceptors (Lipinski definition) is 3. The fourth-order valence-electron chi connectivity index (χ4n) is 3.73. The summed E-state index contributed by atoms with van der Waals surface area (Å²) in [7, 11) is 0. The van der Waals surface area contributed by atoms with Gasteiger partial charge in [0.1, 0.15) is 12.0 Å². The monoisotopic (exact) mass is 363 g/mol. The zero-order valence-corrected chi connectivity index (χ0v) is 17.7. The molecule has 0 bridgehead atoms. The van der Waals surface area contributed by atoms with Crippen LogP contribution in [0.3, 0.4) is 0 Å². The average Bonchev–Trinajstić information content (AvgIpc) is 3.01. The van der Waals surface area contributed by atoms with Crippen LogP contribution in [-0.2, 0) is 0 Å². The van der Waals surface area contributed by atoms with Gasteiger partial charge < -0.3 is 10.6 Å². The summed E-state index contributed by atoms with van der Waals surface area (Å²) in [6.45, 7) is 6.52. The Morgan fingerprint density at radius 3 is 1.96 bits per heavy atom. The number of allylic oxidation sites excluding steroid dienone is 2. The Morgan fingerprint density at radius 1 is 0.846 bits per heavy atom. The van der Waals surface area contributed by atoms with Gasteiger partial charge in [0.2, 0.25) is 0 Å². The summed E-state index contributed by atoms with van der Waals surface area (Å²) in [5.41, 5.74) is 5.92. The molecule has 3 nitrogen and oxygen atoms in total. The number of hydrogen-bond donors (Lipinski definition) is 1. The van der Waals surface area contributed by atoms with Gasteiger partial charge in [-0.3, -0.25) is 4.99 Å². The fraction of sp³-hybridized carbons (Fsp3) is 0.870. The van der Waals surface area contributed by atoms with E-state index in [1.54, 1.807) is 0 Å². The highest BCUT2D eigenvalue weighted by atomic mass is 15.3. The van der Waals surface area contributed by atoms with Crippen LogP contribution in [0.2, 0.25) is 0 Å². The molecule has 0 amide bonds. The molecule has 0 aromatic rings. The number of amidine groups is 1. The van der Waals surface area contributed by atoms with Crippen LogP contribution in [0.25, 0.3) is 0 Å². The first-order valence-corrected chi connectivity index (χ1v) is 11.5. The van der Waals surface area contributed by atoms with E-state index >= 15 is 0 Å². The zero-order valence-electron chi connectivity index (χ0n) is 17.7. The van der Waals surface area contributed by atoms with E-state index in [0.29, 0.717) is 0 Å². The lowest BCUT2D eigenvalue weighted by Gasteiger charge is -2.19. The lowest BCUT2D eigenvalue weighted by molar-refractivity contribution is 0.402. The first kappa shape index (κ1) is 23.2. The Labute approximate surface area is 163 Å². The molecule has 0 aromatic heterocycles. The minimum absolute atomic E-state index is 0.0130. The van der Waals surface area contributed by atoms with Crippen LogP contribution in [0.4, 0.5) is 0 Å². The molecule has 0 aromatic carbocycles. The van der Waals surface area contributed by atoms with E-state index in [1.807, 2.05) is 0 Å². The molecule has 1 atom stereocenters. The van der Waals surface area contributed by atoms with Gasteiger partial charge in [-0.1, -0.05) is 83.8 Å². The third kappa shape index (κ3) is 11.7. The third-order valence-electron chi connectivity index (χ3n) is 5.34. The smallest absolute Gasteiger partial charge is 0.117 e. The highest BCUT2D eigenvalue weighted by molar-refractivity contribution is 5.83. The largest absolute Gasteiger partial charge is 0.357 e. The van der Waals surface area contributed by atoms with Crippen LogP contribution >= 0.6 is 0 Å². The Bertz CT molecular complexity index is 376. The summed E-state index contributed by atoms with van der Waals surface area (Å²) in [6, 6.07) is 0. The highest BCUT2D eigenvalue weighted by Crippen LogP contribution is 2.13. The molecular formula is C23H45N3. The van der Waals surface area contributed by atoms with Gasteiger partial charge in [-0.05, 0) is 32.1 Å². The summed E-state index contributed by atoms with van der Waals surface area (Å²) in [5.74, 6) is 1.21. The Hall–Kier alpha value is -0.830. The molecule has 1 aliphatic rings. The lowest BCUT2D eigenvalue weighted by Crippen LogP contribution is -2.32. The molecular weight excluding hydrogens is 318 g/mol. The molecule has 0 aliphatic carbocycles. The van der Waals surface area contributed by atoms with Crippen molar-refractivity contribution in [1.29, 1.82) is 0 Å². The molecule has 0 fully saturated rings. The molecule has 1 rings (SSSR count). The van der Waals surface area contributed by atoms with Crippen LogP contribution in [0, 0.1) is 0 Å². The third-order valence-corrected chi connectivity index (χ3v) is 5.34. The minimum Gasteiger partial charge on any atom is -0.357 e. The Kier molecular flexibility index (Phi) is 14.6.